The van der Waals surface area contributed by atoms with Gasteiger partial charge in [0.1, 0.15) is 0 Å². The average Bonchev–Trinajstić information content (AvgIpc) is 2.54. The van der Waals surface area contributed by atoms with E-state index in [1.807, 2.05) is 6.07 Å². The van der Waals surface area contributed by atoms with Gasteiger partial charge >= 0.3 is 0 Å². The number of ether oxygens (including phenoxy) is 4. The van der Waals surface area contributed by atoms with Gasteiger partial charge < -0.3 is 23.8 Å². The number of nitrogens with zero attached hydrogens (tertiary/aromatic N) is 3. The van der Waals surface area contributed by atoms with Crippen LogP contribution in [-0.4, -0.2) is 76.1 Å². The monoisotopic (exact) mass is 331 g/mol. The van der Waals surface area contributed by atoms with E-state index in [9.17, 15) is 0 Å². The van der Waals surface area contributed by atoms with Gasteiger partial charge in [-0.3, -0.25) is 0 Å². The Morgan fingerprint density at radius 3 is 1.68 bits per heavy atom. The predicted octanol–water partition coefficient (Wildman–Crippen LogP) is 1.02. The third-order valence-electron chi connectivity index (χ3n) is 3.07. The first kappa shape index (κ1) is 17.4. The van der Waals surface area contributed by atoms with Crippen LogP contribution in [0.3, 0.4) is 0 Å². The molecular weight excluding hydrogens is 310 g/mol. The topological polar surface area (TPSA) is 65.9 Å². The van der Waals surface area contributed by atoms with E-state index in [2.05, 4.69) is 15.1 Å². The van der Waals surface area contributed by atoms with E-state index in [0.717, 1.165) is 5.82 Å². The van der Waals surface area contributed by atoms with Gasteiger partial charge in [-0.1, -0.05) is 11.6 Å². The van der Waals surface area contributed by atoms with Gasteiger partial charge in [0.25, 0.3) is 0 Å². The first-order valence-corrected chi connectivity index (χ1v) is 7.79. The Balaban J connectivity index is 1.86. The zero-order valence-electron chi connectivity index (χ0n) is 12.6. The molecule has 7 nitrogen and oxygen atoms in total. The number of rotatable bonds is 1. The maximum absolute atomic E-state index is 5.78. The lowest BCUT2D eigenvalue weighted by atomic mass is 10.4. The number of aromatic nitrogens is 2. The highest BCUT2D eigenvalue weighted by atomic mass is 35.5. The Labute approximate surface area is 135 Å². The molecule has 2 rings (SSSR count). The molecule has 8 heteroatoms. The summed E-state index contributed by atoms with van der Waals surface area (Å²) < 4.78 is 21.9. The van der Waals surface area contributed by atoms with Crippen molar-refractivity contribution in [2.75, 3.05) is 70.8 Å². The van der Waals surface area contributed by atoms with E-state index in [1.54, 1.807) is 6.07 Å². The Morgan fingerprint density at radius 1 is 0.727 bits per heavy atom. The van der Waals surface area contributed by atoms with E-state index in [0.29, 0.717) is 71.1 Å². The van der Waals surface area contributed by atoms with Crippen molar-refractivity contribution in [1.29, 1.82) is 0 Å². The quantitative estimate of drug-likeness (QED) is 0.761. The van der Waals surface area contributed by atoms with Crippen molar-refractivity contribution in [1.82, 2.24) is 10.2 Å². The second-order valence-electron chi connectivity index (χ2n) is 4.65. The molecule has 1 aromatic rings. The van der Waals surface area contributed by atoms with Gasteiger partial charge in [-0.05, 0) is 12.1 Å². The van der Waals surface area contributed by atoms with Crippen LogP contribution < -0.4 is 4.90 Å². The van der Waals surface area contributed by atoms with E-state index in [-0.39, 0.29) is 0 Å². The van der Waals surface area contributed by atoms with Crippen LogP contribution in [0.2, 0.25) is 5.15 Å². The van der Waals surface area contributed by atoms with Gasteiger partial charge in [-0.15, -0.1) is 10.2 Å². The molecule has 0 unspecified atom stereocenters. The lowest BCUT2D eigenvalue weighted by molar-refractivity contribution is 0.00206. The van der Waals surface area contributed by atoms with Gasteiger partial charge in [0.2, 0.25) is 0 Å². The summed E-state index contributed by atoms with van der Waals surface area (Å²) in [5, 5.41) is 8.36. The molecule has 1 saturated heterocycles. The van der Waals surface area contributed by atoms with Gasteiger partial charge in [0.15, 0.2) is 11.0 Å². The Morgan fingerprint density at radius 2 is 1.23 bits per heavy atom. The number of halogens is 1. The first-order valence-electron chi connectivity index (χ1n) is 7.41. The van der Waals surface area contributed by atoms with Crippen LogP contribution in [0.5, 0.6) is 0 Å². The van der Waals surface area contributed by atoms with Crippen LogP contribution in [0.4, 0.5) is 5.82 Å². The van der Waals surface area contributed by atoms with Crippen molar-refractivity contribution < 1.29 is 18.9 Å². The molecule has 0 saturated carbocycles. The van der Waals surface area contributed by atoms with Crippen molar-refractivity contribution in [3.63, 3.8) is 0 Å². The fourth-order valence-electron chi connectivity index (χ4n) is 1.93. The summed E-state index contributed by atoms with van der Waals surface area (Å²) in [6.45, 7) is 6.01. The summed E-state index contributed by atoms with van der Waals surface area (Å²) in [6, 6.07) is 3.57. The minimum Gasteiger partial charge on any atom is -0.377 e. The molecule has 2 heterocycles. The third-order valence-corrected chi connectivity index (χ3v) is 3.27. The van der Waals surface area contributed by atoms with Crippen molar-refractivity contribution >= 4 is 17.4 Å². The number of hydrogen-bond donors (Lipinski definition) is 0. The smallest absolute Gasteiger partial charge is 0.151 e. The van der Waals surface area contributed by atoms with Crippen LogP contribution in [-0.2, 0) is 18.9 Å². The number of anilines is 1. The zero-order valence-corrected chi connectivity index (χ0v) is 13.3. The predicted molar refractivity (Wildman–Crippen MR) is 82.5 cm³/mol. The van der Waals surface area contributed by atoms with Crippen LogP contribution in [0.25, 0.3) is 0 Å². The molecule has 0 N–H and O–H groups in total. The van der Waals surface area contributed by atoms with Crippen molar-refractivity contribution in [3.8, 4) is 0 Å². The summed E-state index contributed by atoms with van der Waals surface area (Å²) in [6.07, 6.45) is 0. The second-order valence-corrected chi connectivity index (χ2v) is 5.04. The fourth-order valence-corrected chi connectivity index (χ4v) is 2.03. The van der Waals surface area contributed by atoms with Crippen molar-refractivity contribution in [2.24, 2.45) is 0 Å². The molecule has 0 atom stereocenters. The maximum Gasteiger partial charge on any atom is 0.151 e. The highest BCUT2D eigenvalue weighted by molar-refractivity contribution is 6.29. The van der Waals surface area contributed by atoms with Gasteiger partial charge in [-0.25, -0.2) is 0 Å². The van der Waals surface area contributed by atoms with Gasteiger partial charge in [0, 0.05) is 13.1 Å². The molecular formula is C14H22ClN3O4. The summed E-state index contributed by atoms with van der Waals surface area (Å²) in [4.78, 5) is 2.06. The Kier molecular flexibility index (Phi) is 8.44. The molecule has 1 fully saturated rings. The van der Waals surface area contributed by atoms with E-state index in [4.69, 9.17) is 30.5 Å². The molecule has 0 aliphatic carbocycles. The minimum atomic E-state index is 0.379. The SMILES string of the molecule is Clc1ccc(N2CCOCCOCCOCCOCC2)nn1. The summed E-state index contributed by atoms with van der Waals surface area (Å²) in [5.74, 6) is 0.758. The molecule has 1 aliphatic heterocycles. The van der Waals surface area contributed by atoms with Gasteiger partial charge in [0.05, 0.1) is 52.9 Å². The lowest BCUT2D eigenvalue weighted by Crippen LogP contribution is -2.32. The third kappa shape index (κ3) is 6.85. The summed E-state index contributed by atoms with van der Waals surface area (Å²) in [5.41, 5.74) is 0. The molecule has 1 aliphatic rings. The fraction of sp³-hybridized carbons (Fsp3) is 0.714. The lowest BCUT2D eigenvalue weighted by Gasteiger charge is -2.23. The van der Waals surface area contributed by atoms with Crippen LogP contribution in [0, 0.1) is 0 Å². The number of hydrogen-bond acceptors (Lipinski definition) is 7. The van der Waals surface area contributed by atoms with E-state index < -0.39 is 0 Å². The Hall–Kier alpha value is -0.990. The highest BCUT2D eigenvalue weighted by Crippen LogP contribution is 2.11. The minimum absolute atomic E-state index is 0.379. The summed E-state index contributed by atoms with van der Waals surface area (Å²) >= 11 is 5.78. The molecule has 0 spiro atoms. The van der Waals surface area contributed by atoms with Gasteiger partial charge in [-0.2, -0.15) is 0 Å². The molecule has 1 aromatic heterocycles. The molecule has 0 amide bonds. The normalized spacial score (nSPS) is 20.1. The molecule has 124 valence electrons. The first-order chi connectivity index (χ1) is 10.9. The maximum atomic E-state index is 5.78. The second kappa shape index (κ2) is 10.7. The van der Waals surface area contributed by atoms with Crippen LogP contribution in [0.15, 0.2) is 12.1 Å². The zero-order chi connectivity index (χ0) is 15.5. The van der Waals surface area contributed by atoms with E-state index in [1.165, 1.54) is 0 Å². The van der Waals surface area contributed by atoms with Crippen LogP contribution in [0.1, 0.15) is 0 Å². The standard InChI is InChI=1S/C14H22ClN3O4/c15-13-1-2-14(17-16-13)18-3-5-19-7-9-21-11-12-22-10-8-20-6-4-18/h1-2H,3-12H2. The Bertz CT molecular complexity index is 392. The van der Waals surface area contributed by atoms with Crippen molar-refractivity contribution in [2.45, 2.75) is 0 Å². The van der Waals surface area contributed by atoms with Crippen LogP contribution >= 0.6 is 11.6 Å². The highest BCUT2D eigenvalue weighted by Gasteiger charge is 2.09. The molecule has 0 aromatic carbocycles. The molecule has 0 bridgehead atoms. The molecule has 0 radical (unpaired) electrons. The largest absolute Gasteiger partial charge is 0.377 e. The summed E-state index contributed by atoms with van der Waals surface area (Å²) in [7, 11) is 0. The van der Waals surface area contributed by atoms with E-state index >= 15 is 0 Å². The van der Waals surface area contributed by atoms with Crippen molar-refractivity contribution in [3.05, 3.63) is 17.3 Å². The molecule has 22 heavy (non-hydrogen) atoms. The average molecular weight is 332 g/mol.